The van der Waals surface area contributed by atoms with Crippen LogP contribution >= 0.6 is 0 Å². The van der Waals surface area contributed by atoms with Crippen molar-refractivity contribution >= 4 is 0 Å². The summed E-state index contributed by atoms with van der Waals surface area (Å²) in [6.07, 6.45) is -14.1. The van der Waals surface area contributed by atoms with Crippen molar-refractivity contribution in [2.45, 2.75) is 60.6 Å². The zero-order valence-electron chi connectivity index (χ0n) is 28.9. The molecule has 51 heavy (non-hydrogen) atoms. The van der Waals surface area contributed by atoms with Crippen LogP contribution in [0.5, 0.6) is 34.5 Å². The molecule has 286 valence electrons. The van der Waals surface area contributed by atoms with E-state index in [0.717, 1.165) is 19.8 Å². The standard InChI is InChI=1S/C33H46O18/c1-42-18-7-14(8-19(43-2)23(18)35)24-16-12-49-25(17(16)13-48-24)15-9-20(44-3)26(21(10-15)45-4)50-22(11-34)27(36)32(40)28(29(37)46-5)51-31(39)33(41,47-6)30(32)38/h7-10,16-17,22,24-25,27-31,34-41H,11-13H2,1-6H3/t16-,17-,22-,24+,25+,27+,28-,29?,30+,31-,32-,33+/m1/s1. The van der Waals surface area contributed by atoms with Crippen LogP contribution in [0, 0.1) is 11.8 Å². The third-order valence-corrected chi connectivity index (χ3v) is 9.92. The fraction of sp³-hybridized carbons (Fsp3) is 0.636. The van der Waals surface area contributed by atoms with Crippen molar-refractivity contribution < 1.29 is 88.2 Å². The maximum absolute atomic E-state index is 11.7. The van der Waals surface area contributed by atoms with Gasteiger partial charge in [0.1, 0.15) is 18.3 Å². The van der Waals surface area contributed by atoms with Gasteiger partial charge in [-0.2, -0.15) is 0 Å². The maximum Gasteiger partial charge on any atom is 0.247 e. The monoisotopic (exact) mass is 730 g/mol. The minimum absolute atomic E-state index is 0.0650. The molecule has 18 heteroatoms. The van der Waals surface area contributed by atoms with Crippen LogP contribution in [0.15, 0.2) is 24.3 Å². The van der Waals surface area contributed by atoms with Gasteiger partial charge in [-0.3, -0.25) is 0 Å². The van der Waals surface area contributed by atoms with E-state index in [1.807, 2.05) is 0 Å². The zero-order valence-corrected chi connectivity index (χ0v) is 28.9. The molecule has 3 saturated heterocycles. The van der Waals surface area contributed by atoms with Crippen molar-refractivity contribution in [2.75, 3.05) is 62.5 Å². The number of ether oxygens (including phenoxy) is 10. The van der Waals surface area contributed by atoms with Gasteiger partial charge in [-0.25, -0.2) is 0 Å². The Balaban J connectivity index is 1.43. The number of hydrogen-bond donors (Lipinski definition) is 8. The number of phenols is 1. The van der Waals surface area contributed by atoms with E-state index in [0.29, 0.717) is 18.8 Å². The van der Waals surface area contributed by atoms with E-state index in [1.54, 1.807) is 24.3 Å². The lowest BCUT2D eigenvalue weighted by atomic mass is 9.75. The molecule has 0 spiro atoms. The third kappa shape index (κ3) is 6.53. The summed E-state index contributed by atoms with van der Waals surface area (Å²) >= 11 is 0. The molecule has 8 N–H and O–H groups in total. The average Bonchev–Trinajstić information content (AvgIpc) is 3.76. The first-order valence-electron chi connectivity index (χ1n) is 15.9. The Morgan fingerprint density at radius 3 is 1.67 bits per heavy atom. The first kappa shape index (κ1) is 39.0. The minimum Gasteiger partial charge on any atom is -0.502 e. The van der Waals surface area contributed by atoms with Crippen molar-refractivity contribution in [3.8, 4) is 34.5 Å². The summed E-state index contributed by atoms with van der Waals surface area (Å²) in [5.41, 5.74) is -1.74. The lowest BCUT2D eigenvalue weighted by molar-refractivity contribution is -0.447. The number of hydrogen-bond acceptors (Lipinski definition) is 18. The minimum atomic E-state index is -3.09. The molecule has 1 unspecified atom stereocenters. The smallest absolute Gasteiger partial charge is 0.247 e. The molecule has 2 aromatic rings. The lowest BCUT2D eigenvalue weighted by Gasteiger charge is -2.54. The zero-order chi connectivity index (χ0) is 37.4. The Hall–Kier alpha value is -3.24. The second-order valence-corrected chi connectivity index (χ2v) is 12.4. The molecule has 12 atom stereocenters. The van der Waals surface area contributed by atoms with Crippen molar-refractivity contribution in [3.63, 3.8) is 0 Å². The summed E-state index contributed by atoms with van der Waals surface area (Å²) in [4.78, 5) is 0. The molecule has 18 nitrogen and oxygen atoms in total. The molecule has 3 aliphatic rings. The molecule has 3 fully saturated rings. The maximum atomic E-state index is 11.7. The molecule has 0 radical (unpaired) electrons. The van der Waals surface area contributed by atoms with E-state index in [-0.39, 0.29) is 46.3 Å². The number of phenolic OH excluding ortho intramolecular Hbond substituents is 1. The second-order valence-electron chi connectivity index (χ2n) is 12.4. The predicted molar refractivity (Wildman–Crippen MR) is 169 cm³/mol. The number of aliphatic hydroxyl groups is 7. The van der Waals surface area contributed by atoms with E-state index < -0.39 is 67.2 Å². The van der Waals surface area contributed by atoms with E-state index in [9.17, 15) is 40.9 Å². The Morgan fingerprint density at radius 1 is 0.784 bits per heavy atom. The van der Waals surface area contributed by atoms with Crippen LogP contribution in [0.2, 0.25) is 0 Å². The predicted octanol–water partition coefficient (Wildman–Crippen LogP) is -1.29. The van der Waals surface area contributed by atoms with Gasteiger partial charge < -0.3 is 88.2 Å². The topological polar surface area (TPSA) is 254 Å². The Bertz CT molecular complexity index is 1450. The largest absolute Gasteiger partial charge is 0.502 e. The van der Waals surface area contributed by atoms with Crippen LogP contribution in [0.1, 0.15) is 23.3 Å². The number of methoxy groups -OCH3 is 6. The highest BCUT2D eigenvalue weighted by molar-refractivity contribution is 5.55. The van der Waals surface area contributed by atoms with Crippen LogP contribution in [-0.2, 0) is 23.7 Å². The Morgan fingerprint density at radius 2 is 1.25 bits per heavy atom. The highest BCUT2D eigenvalue weighted by Crippen LogP contribution is 2.54. The first-order valence-corrected chi connectivity index (χ1v) is 15.9. The molecular formula is C33H46O18. The molecule has 5 rings (SSSR count). The van der Waals surface area contributed by atoms with Gasteiger partial charge in [0.15, 0.2) is 41.0 Å². The first-order chi connectivity index (χ1) is 24.3. The SMILES string of the molecule is COc1cc([C@@H]2OC[C@@H]3[C@H]2CO[C@H]3c2cc(OC)c(O[C@H](CO)[C@H](O)[C@@]3(O)[C@@H](C(O)OC)O[C@@H](O)[C@@](O)(OC)[C@H]3O)c(OC)c2)cc(OC)c1O. The Labute approximate surface area is 293 Å². The number of fused-ring (bicyclic) bond motifs is 1. The highest BCUT2D eigenvalue weighted by atomic mass is 16.7. The summed E-state index contributed by atoms with van der Waals surface area (Å²) < 4.78 is 55.1. The van der Waals surface area contributed by atoms with E-state index in [2.05, 4.69) is 0 Å². The van der Waals surface area contributed by atoms with Gasteiger partial charge in [0.2, 0.25) is 23.6 Å². The van der Waals surface area contributed by atoms with E-state index >= 15 is 0 Å². The van der Waals surface area contributed by atoms with Gasteiger partial charge in [0.05, 0.1) is 60.5 Å². The molecule has 2 aromatic carbocycles. The van der Waals surface area contributed by atoms with Crippen LogP contribution < -0.4 is 23.7 Å². The summed E-state index contributed by atoms with van der Waals surface area (Å²) in [6, 6.07) is 6.59. The summed E-state index contributed by atoms with van der Waals surface area (Å²) in [7, 11) is 7.46. The summed E-state index contributed by atoms with van der Waals surface area (Å²) in [5, 5.41) is 86.6. The van der Waals surface area contributed by atoms with Gasteiger partial charge in [-0.05, 0) is 35.4 Å². The Kier molecular flexibility index (Phi) is 11.8. The number of aliphatic hydroxyl groups excluding tert-OH is 5. The van der Waals surface area contributed by atoms with Crippen LogP contribution in [0.25, 0.3) is 0 Å². The second kappa shape index (κ2) is 15.4. The van der Waals surface area contributed by atoms with E-state index in [4.69, 9.17) is 47.4 Å². The van der Waals surface area contributed by atoms with Crippen LogP contribution in [-0.4, -0.2) is 152 Å². The van der Waals surface area contributed by atoms with Crippen molar-refractivity contribution in [1.29, 1.82) is 0 Å². The fourth-order valence-electron chi connectivity index (χ4n) is 7.07. The lowest BCUT2D eigenvalue weighted by Crippen LogP contribution is -2.79. The highest BCUT2D eigenvalue weighted by Gasteiger charge is 2.69. The molecular weight excluding hydrogens is 684 g/mol. The summed E-state index contributed by atoms with van der Waals surface area (Å²) in [6.45, 7) is -0.352. The van der Waals surface area contributed by atoms with Crippen molar-refractivity contribution in [2.24, 2.45) is 11.8 Å². The number of aromatic hydroxyl groups is 1. The van der Waals surface area contributed by atoms with Gasteiger partial charge in [0.25, 0.3) is 0 Å². The molecule has 0 aromatic heterocycles. The third-order valence-electron chi connectivity index (χ3n) is 9.92. The number of benzene rings is 2. The van der Waals surface area contributed by atoms with Gasteiger partial charge >= 0.3 is 0 Å². The van der Waals surface area contributed by atoms with Gasteiger partial charge in [-0.15, -0.1) is 0 Å². The molecule has 0 saturated carbocycles. The molecule has 3 heterocycles. The van der Waals surface area contributed by atoms with Gasteiger partial charge in [0, 0.05) is 26.1 Å². The quantitative estimate of drug-likeness (QED) is 0.105. The molecule has 0 bridgehead atoms. The fourth-order valence-corrected chi connectivity index (χ4v) is 7.07. The summed E-state index contributed by atoms with van der Waals surface area (Å²) in [5.74, 6) is -2.89. The average molecular weight is 731 g/mol. The molecule has 3 aliphatic heterocycles. The normalized spacial score (nSPS) is 33.6. The molecule has 0 aliphatic carbocycles. The van der Waals surface area contributed by atoms with Gasteiger partial charge in [-0.1, -0.05) is 0 Å². The number of rotatable bonds is 14. The van der Waals surface area contributed by atoms with Crippen molar-refractivity contribution in [3.05, 3.63) is 35.4 Å². The van der Waals surface area contributed by atoms with Crippen LogP contribution in [0.4, 0.5) is 0 Å². The van der Waals surface area contributed by atoms with Crippen molar-refractivity contribution in [1.82, 2.24) is 0 Å². The van der Waals surface area contributed by atoms with Crippen LogP contribution in [0.3, 0.4) is 0 Å². The van der Waals surface area contributed by atoms with E-state index in [1.165, 1.54) is 28.4 Å². The molecule has 0 amide bonds.